The second-order valence-electron chi connectivity index (χ2n) is 5.89. The fraction of sp³-hybridized carbons (Fsp3) is 0.400. The Labute approximate surface area is 158 Å². The molecule has 5 nitrogen and oxygen atoms in total. The Morgan fingerprint density at radius 3 is 2.75 bits per heavy atom. The Morgan fingerprint density at radius 1 is 1.25 bits per heavy atom. The largest absolute Gasteiger partial charge is 0.321 e. The number of aromatic nitrogens is 4. The van der Waals surface area contributed by atoms with E-state index in [1.165, 1.54) is 11.3 Å². The van der Waals surface area contributed by atoms with Gasteiger partial charge in [-0.3, -0.25) is 0 Å². The average Bonchev–Trinajstić information content (AvgIpc) is 3.07. The third kappa shape index (κ3) is 4.03. The lowest BCUT2D eigenvalue weighted by Crippen LogP contribution is -2.16. The van der Waals surface area contributed by atoms with Gasteiger partial charge in [0.1, 0.15) is 0 Å². The molecule has 3 rings (SSSR count). The highest BCUT2D eigenvalue weighted by molar-refractivity contribution is 8.00. The zero-order chi connectivity index (χ0) is 17.3. The van der Waals surface area contributed by atoms with Crippen molar-refractivity contribution >= 4 is 51.3 Å². The van der Waals surface area contributed by atoms with Gasteiger partial charge in [-0.25, -0.2) is 0 Å². The van der Waals surface area contributed by atoms with Gasteiger partial charge < -0.3 is 5.73 Å². The molecule has 0 fully saturated rings. The van der Waals surface area contributed by atoms with Gasteiger partial charge in [-0.2, -0.15) is 4.52 Å². The maximum Gasteiger partial charge on any atom is 0.235 e. The van der Waals surface area contributed by atoms with Gasteiger partial charge in [-0.1, -0.05) is 66.2 Å². The predicted molar refractivity (Wildman–Crippen MR) is 101 cm³/mol. The second-order valence-corrected chi connectivity index (χ2v) is 8.89. The van der Waals surface area contributed by atoms with Gasteiger partial charge in [-0.05, 0) is 30.0 Å². The van der Waals surface area contributed by atoms with Crippen LogP contribution in [0.2, 0.25) is 10.0 Å². The summed E-state index contributed by atoms with van der Waals surface area (Å²) < 4.78 is 2.68. The van der Waals surface area contributed by atoms with Gasteiger partial charge in [0.05, 0.1) is 16.1 Å². The molecule has 1 unspecified atom stereocenters. The molecule has 2 aromatic heterocycles. The van der Waals surface area contributed by atoms with Gasteiger partial charge in [0.2, 0.25) is 4.96 Å². The van der Waals surface area contributed by atoms with E-state index >= 15 is 0 Å². The first-order valence-corrected chi connectivity index (χ1v) is 10.0. The number of thioether (sulfide) groups is 1. The molecular weight excluding hydrogens is 385 g/mol. The van der Waals surface area contributed by atoms with Gasteiger partial charge in [-0.15, -0.1) is 15.3 Å². The van der Waals surface area contributed by atoms with Crippen molar-refractivity contribution < 1.29 is 0 Å². The summed E-state index contributed by atoms with van der Waals surface area (Å²) in [5.74, 6) is 1.97. The van der Waals surface area contributed by atoms with E-state index in [0.29, 0.717) is 16.0 Å². The summed E-state index contributed by atoms with van der Waals surface area (Å²) in [5, 5.41) is 14.1. The SMILES string of the molecule is CC(C)CC(N)c1nnc2sc(SCc3ccc(Cl)c(Cl)c3)nn12. The molecule has 0 radical (unpaired) electrons. The van der Waals surface area contributed by atoms with Crippen molar-refractivity contribution in [3.05, 3.63) is 39.6 Å². The Hall–Kier alpha value is -0.860. The molecule has 9 heteroatoms. The van der Waals surface area contributed by atoms with Crippen molar-refractivity contribution in [3.63, 3.8) is 0 Å². The summed E-state index contributed by atoms with van der Waals surface area (Å²) in [5.41, 5.74) is 7.31. The first-order chi connectivity index (χ1) is 11.4. The van der Waals surface area contributed by atoms with Crippen LogP contribution in [0, 0.1) is 5.92 Å². The lowest BCUT2D eigenvalue weighted by molar-refractivity contribution is 0.485. The molecule has 3 aromatic rings. The Morgan fingerprint density at radius 2 is 2.04 bits per heavy atom. The normalized spacial score (nSPS) is 13.1. The number of rotatable bonds is 6. The van der Waals surface area contributed by atoms with Crippen molar-refractivity contribution in [3.8, 4) is 0 Å². The fourth-order valence-electron chi connectivity index (χ4n) is 2.29. The fourth-order valence-corrected chi connectivity index (χ4v) is 4.44. The number of benzene rings is 1. The van der Waals surface area contributed by atoms with Crippen molar-refractivity contribution in [2.75, 3.05) is 0 Å². The summed E-state index contributed by atoms with van der Waals surface area (Å²) in [7, 11) is 0. The van der Waals surface area contributed by atoms with Crippen LogP contribution in [0.4, 0.5) is 0 Å². The standard InChI is InChI=1S/C15H17Cl2N5S2/c1-8(2)5-12(18)13-19-20-14-22(13)21-15(24-14)23-7-9-3-4-10(16)11(17)6-9/h3-4,6,8,12H,5,7,18H2,1-2H3. The first-order valence-electron chi connectivity index (χ1n) is 7.48. The first kappa shape index (κ1) is 17.9. The summed E-state index contributed by atoms with van der Waals surface area (Å²) in [6, 6.07) is 5.49. The van der Waals surface area contributed by atoms with Gasteiger partial charge in [0.25, 0.3) is 0 Å². The second kappa shape index (κ2) is 7.58. The smallest absolute Gasteiger partial charge is 0.235 e. The van der Waals surface area contributed by atoms with E-state index in [1.807, 2.05) is 12.1 Å². The molecule has 0 aliphatic rings. The molecule has 0 spiro atoms. The zero-order valence-electron chi connectivity index (χ0n) is 13.2. The van der Waals surface area contributed by atoms with Crippen LogP contribution < -0.4 is 5.73 Å². The molecule has 2 N–H and O–H groups in total. The highest BCUT2D eigenvalue weighted by atomic mass is 35.5. The molecule has 0 aliphatic carbocycles. The average molecular weight is 402 g/mol. The topological polar surface area (TPSA) is 69.1 Å². The van der Waals surface area contributed by atoms with Crippen LogP contribution in [0.1, 0.15) is 37.7 Å². The molecule has 0 saturated carbocycles. The summed E-state index contributed by atoms with van der Waals surface area (Å²) in [6.45, 7) is 4.27. The molecule has 24 heavy (non-hydrogen) atoms. The Balaban J connectivity index is 1.74. The van der Waals surface area contributed by atoms with E-state index in [1.54, 1.807) is 22.3 Å². The Bertz CT molecular complexity index is 846. The van der Waals surface area contributed by atoms with E-state index in [0.717, 1.165) is 32.9 Å². The highest BCUT2D eigenvalue weighted by Gasteiger charge is 2.18. The maximum absolute atomic E-state index is 6.22. The number of nitrogens with zero attached hydrogens (tertiary/aromatic N) is 4. The van der Waals surface area contributed by atoms with Crippen LogP contribution in [-0.4, -0.2) is 19.8 Å². The zero-order valence-corrected chi connectivity index (χ0v) is 16.4. The minimum Gasteiger partial charge on any atom is -0.321 e. The number of hydrogen-bond donors (Lipinski definition) is 1. The van der Waals surface area contributed by atoms with Crippen molar-refractivity contribution in [2.45, 2.75) is 36.4 Å². The Kier molecular flexibility index (Phi) is 5.66. The van der Waals surface area contributed by atoms with Crippen LogP contribution in [0.15, 0.2) is 22.5 Å². The minimum absolute atomic E-state index is 0.157. The van der Waals surface area contributed by atoms with Crippen LogP contribution >= 0.6 is 46.3 Å². The van der Waals surface area contributed by atoms with Crippen LogP contribution in [0.25, 0.3) is 4.96 Å². The third-order valence-corrected chi connectivity index (χ3v) is 6.24. The summed E-state index contributed by atoms with van der Waals surface area (Å²) in [4.78, 5) is 0.765. The predicted octanol–water partition coefficient (Wildman–Crippen LogP) is 4.83. The van der Waals surface area contributed by atoms with Crippen LogP contribution in [-0.2, 0) is 5.75 Å². The molecule has 0 aliphatic heterocycles. The molecule has 0 bridgehead atoms. The van der Waals surface area contributed by atoms with Crippen molar-refractivity contribution in [2.24, 2.45) is 11.7 Å². The third-order valence-electron chi connectivity index (χ3n) is 3.40. The van der Waals surface area contributed by atoms with Crippen molar-refractivity contribution in [1.29, 1.82) is 0 Å². The van der Waals surface area contributed by atoms with E-state index in [-0.39, 0.29) is 6.04 Å². The van der Waals surface area contributed by atoms with Gasteiger partial charge in [0, 0.05) is 5.75 Å². The van der Waals surface area contributed by atoms with Crippen LogP contribution in [0.3, 0.4) is 0 Å². The summed E-state index contributed by atoms with van der Waals surface area (Å²) in [6.07, 6.45) is 0.851. The number of hydrogen-bond acceptors (Lipinski definition) is 6. The van der Waals surface area contributed by atoms with E-state index in [2.05, 4.69) is 29.1 Å². The molecule has 1 aromatic carbocycles. The maximum atomic E-state index is 6.22. The molecule has 2 heterocycles. The molecule has 1 atom stereocenters. The molecule has 128 valence electrons. The van der Waals surface area contributed by atoms with E-state index < -0.39 is 0 Å². The molecular formula is C15H17Cl2N5S2. The minimum atomic E-state index is -0.157. The number of halogens is 2. The van der Waals surface area contributed by atoms with Gasteiger partial charge >= 0.3 is 0 Å². The lowest BCUT2D eigenvalue weighted by atomic mass is 10.0. The van der Waals surface area contributed by atoms with Crippen molar-refractivity contribution in [1.82, 2.24) is 19.8 Å². The number of nitrogens with two attached hydrogens (primary N) is 1. The molecule has 0 amide bonds. The highest BCUT2D eigenvalue weighted by Crippen LogP contribution is 2.31. The summed E-state index contributed by atoms with van der Waals surface area (Å²) >= 11 is 15.1. The van der Waals surface area contributed by atoms with E-state index in [4.69, 9.17) is 28.9 Å². The number of fused-ring (bicyclic) bond motifs is 1. The molecule has 0 saturated heterocycles. The lowest BCUT2D eigenvalue weighted by Gasteiger charge is -2.10. The van der Waals surface area contributed by atoms with Gasteiger partial charge in [0.15, 0.2) is 10.2 Å². The quantitative estimate of drug-likeness (QED) is 0.598. The van der Waals surface area contributed by atoms with Crippen LogP contribution in [0.5, 0.6) is 0 Å². The van der Waals surface area contributed by atoms with E-state index in [9.17, 15) is 0 Å². The monoisotopic (exact) mass is 401 g/mol.